The normalized spacial score (nSPS) is 19.6. The molecule has 1 N–H and O–H groups in total. The van der Waals surface area contributed by atoms with E-state index in [0.717, 1.165) is 0 Å². The lowest BCUT2D eigenvalue weighted by Gasteiger charge is -2.03. The number of hydrogen-bond acceptors (Lipinski definition) is 3. The van der Waals surface area contributed by atoms with Crippen LogP contribution in [0.15, 0.2) is 4.52 Å². The highest BCUT2D eigenvalue weighted by atomic mass is 19.3. The SMILES string of the molecule is OCc1noc2c1CCC2(F)F. The molecule has 0 aliphatic heterocycles. The fraction of sp³-hybridized carbons (Fsp3) is 0.571. The number of aliphatic hydroxyl groups excluding tert-OH is 1. The molecule has 0 saturated heterocycles. The molecule has 0 radical (unpaired) electrons. The summed E-state index contributed by atoms with van der Waals surface area (Å²) in [6, 6.07) is 0. The number of fused-ring (bicyclic) bond motifs is 1. The average molecular weight is 175 g/mol. The van der Waals surface area contributed by atoms with Crippen molar-refractivity contribution in [1.82, 2.24) is 5.16 Å². The van der Waals surface area contributed by atoms with Crippen LogP contribution < -0.4 is 0 Å². The highest BCUT2D eigenvalue weighted by Gasteiger charge is 2.45. The van der Waals surface area contributed by atoms with E-state index in [-0.39, 0.29) is 30.9 Å². The summed E-state index contributed by atoms with van der Waals surface area (Å²) in [5, 5.41) is 12.0. The van der Waals surface area contributed by atoms with Crippen molar-refractivity contribution in [2.75, 3.05) is 0 Å². The second kappa shape index (κ2) is 2.26. The Morgan fingerprint density at radius 2 is 2.33 bits per heavy atom. The van der Waals surface area contributed by atoms with Crippen molar-refractivity contribution in [2.45, 2.75) is 25.4 Å². The van der Waals surface area contributed by atoms with Gasteiger partial charge in [-0.05, 0) is 6.42 Å². The van der Waals surface area contributed by atoms with Crippen LogP contribution in [0.25, 0.3) is 0 Å². The van der Waals surface area contributed by atoms with Gasteiger partial charge in [-0.1, -0.05) is 5.16 Å². The van der Waals surface area contributed by atoms with Gasteiger partial charge in [0.1, 0.15) is 5.69 Å². The van der Waals surface area contributed by atoms with Crippen LogP contribution in [0.5, 0.6) is 0 Å². The third kappa shape index (κ3) is 0.859. The Balaban J connectivity index is 2.49. The number of alkyl halides is 2. The van der Waals surface area contributed by atoms with Crippen molar-refractivity contribution < 1.29 is 18.4 Å². The minimum atomic E-state index is -2.89. The number of rotatable bonds is 1. The summed E-state index contributed by atoms with van der Waals surface area (Å²) >= 11 is 0. The van der Waals surface area contributed by atoms with E-state index in [1.54, 1.807) is 0 Å². The van der Waals surface area contributed by atoms with Gasteiger partial charge in [-0.3, -0.25) is 0 Å². The van der Waals surface area contributed by atoms with E-state index in [0.29, 0.717) is 5.56 Å². The molecule has 0 saturated carbocycles. The minimum absolute atomic E-state index is 0.238. The molecule has 1 heterocycles. The maximum atomic E-state index is 12.9. The van der Waals surface area contributed by atoms with Gasteiger partial charge in [0.15, 0.2) is 0 Å². The van der Waals surface area contributed by atoms with Crippen molar-refractivity contribution in [2.24, 2.45) is 0 Å². The largest absolute Gasteiger partial charge is 0.390 e. The Labute approximate surface area is 67.0 Å². The molecule has 0 spiro atoms. The molecule has 1 aliphatic carbocycles. The fourth-order valence-corrected chi connectivity index (χ4v) is 1.41. The van der Waals surface area contributed by atoms with E-state index in [9.17, 15) is 8.78 Å². The van der Waals surface area contributed by atoms with E-state index in [1.807, 2.05) is 0 Å². The van der Waals surface area contributed by atoms with Crippen LogP contribution in [0.3, 0.4) is 0 Å². The predicted molar refractivity (Wildman–Crippen MR) is 34.6 cm³/mol. The maximum absolute atomic E-state index is 12.9. The zero-order valence-corrected chi connectivity index (χ0v) is 6.18. The Kier molecular flexibility index (Phi) is 1.44. The van der Waals surface area contributed by atoms with E-state index >= 15 is 0 Å². The van der Waals surface area contributed by atoms with Crippen molar-refractivity contribution in [3.63, 3.8) is 0 Å². The molecule has 0 amide bonds. The van der Waals surface area contributed by atoms with Crippen molar-refractivity contribution in [3.8, 4) is 0 Å². The fourth-order valence-electron chi connectivity index (χ4n) is 1.41. The lowest BCUT2D eigenvalue weighted by Crippen LogP contribution is -2.06. The second-order valence-electron chi connectivity index (χ2n) is 2.80. The van der Waals surface area contributed by atoms with Gasteiger partial charge in [-0.25, -0.2) is 0 Å². The van der Waals surface area contributed by atoms with Gasteiger partial charge < -0.3 is 9.63 Å². The van der Waals surface area contributed by atoms with Crippen LogP contribution in [-0.2, 0) is 19.0 Å². The van der Waals surface area contributed by atoms with Crippen LogP contribution in [0.1, 0.15) is 23.4 Å². The van der Waals surface area contributed by atoms with Gasteiger partial charge in [0.2, 0.25) is 5.76 Å². The minimum Gasteiger partial charge on any atom is -0.390 e. The van der Waals surface area contributed by atoms with Crippen molar-refractivity contribution in [3.05, 3.63) is 17.0 Å². The van der Waals surface area contributed by atoms with Crippen LogP contribution in [0, 0.1) is 0 Å². The molecule has 0 bridgehead atoms. The van der Waals surface area contributed by atoms with Gasteiger partial charge in [0, 0.05) is 12.0 Å². The van der Waals surface area contributed by atoms with Gasteiger partial charge in [0.25, 0.3) is 0 Å². The first-order valence-electron chi connectivity index (χ1n) is 3.62. The molecule has 0 fully saturated rings. The average Bonchev–Trinajstić information content (AvgIpc) is 2.53. The molecule has 5 heteroatoms. The quantitative estimate of drug-likeness (QED) is 0.697. The summed E-state index contributed by atoms with van der Waals surface area (Å²) in [6.45, 7) is -0.338. The van der Waals surface area contributed by atoms with E-state index < -0.39 is 5.92 Å². The standard InChI is InChI=1S/C7H7F2NO2/c8-7(9)2-1-4-5(3-11)10-12-6(4)7/h11H,1-3H2. The summed E-state index contributed by atoms with van der Waals surface area (Å²) in [5.74, 6) is -3.26. The predicted octanol–water partition coefficient (Wildman–Crippen LogP) is 1.20. The first-order valence-corrected chi connectivity index (χ1v) is 3.62. The monoisotopic (exact) mass is 175 g/mol. The molecule has 0 aromatic carbocycles. The summed E-state index contributed by atoms with van der Waals surface area (Å²) in [7, 11) is 0. The van der Waals surface area contributed by atoms with Gasteiger partial charge in [-0.2, -0.15) is 8.78 Å². The van der Waals surface area contributed by atoms with Gasteiger partial charge in [-0.15, -0.1) is 0 Å². The summed E-state index contributed by atoms with van der Waals surface area (Å²) in [6.07, 6.45) is -0.00157. The van der Waals surface area contributed by atoms with E-state index in [4.69, 9.17) is 5.11 Å². The molecule has 0 unspecified atom stereocenters. The van der Waals surface area contributed by atoms with Crippen molar-refractivity contribution in [1.29, 1.82) is 0 Å². The summed E-state index contributed by atoms with van der Waals surface area (Å²) in [4.78, 5) is 0. The molecule has 1 aromatic rings. The Morgan fingerprint density at radius 3 is 3.00 bits per heavy atom. The molecular weight excluding hydrogens is 168 g/mol. The molecule has 66 valence electrons. The topological polar surface area (TPSA) is 46.3 Å². The number of hydrogen-bond donors (Lipinski definition) is 1. The first kappa shape index (κ1) is 7.67. The summed E-state index contributed by atoms with van der Waals surface area (Å²) in [5.41, 5.74) is 0.615. The first-order chi connectivity index (χ1) is 5.65. The highest BCUT2D eigenvalue weighted by molar-refractivity contribution is 5.30. The molecule has 2 rings (SSSR count). The van der Waals surface area contributed by atoms with Crippen LogP contribution >= 0.6 is 0 Å². The highest BCUT2D eigenvalue weighted by Crippen LogP contribution is 2.42. The molecule has 1 aliphatic rings. The van der Waals surface area contributed by atoms with Crippen molar-refractivity contribution >= 4 is 0 Å². The van der Waals surface area contributed by atoms with E-state index in [1.165, 1.54) is 0 Å². The molecule has 1 aromatic heterocycles. The molecular formula is C7H7F2NO2. The zero-order valence-electron chi connectivity index (χ0n) is 6.18. The third-order valence-electron chi connectivity index (χ3n) is 2.04. The van der Waals surface area contributed by atoms with E-state index in [2.05, 4.69) is 9.68 Å². The Bertz CT molecular complexity index is 308. The summed E-state index contributed by atoms with van der Waals surface area (Å²) < 4.78 is 30.2. The smallest absolute Gasteiger partial charge is 0.308 e. The Morgan fingerprint density at radius 1 is 1.58 bits per heavy atom. The Hall–Kier alpha value is -0.970. The number of aliphatic hydroxyl groups is 1. The van der Waals surface area contributed by atoms with Gasteiger partial charge >= 0.3 is 5.92 Å². The van der Waals surface area contributed by atoms with Gasteiger partial charge in [0.05, 0.1) is 6.61 Å². The lowest BCUT2D eigenvalue weighted by atomic mass is 10.2. The molecule has 3 nitrogen and oxygen atoms in total. The van der Waals surface area contributed by atoms with Crippen LogP contribution in [0.4, 0.5) is 8.78 Å². The number of aromatic nitrogens is 1. The second-order valence-corrected chi connectivity index (χ2v) is 2.80. The maximum Gasteiger partial charge on any atom is 0.308 e. The number of halogens is 2. The molecule has 12 heavy (non-hydrogen) atoms. The molecule has 0 atom stereocenters. The van der Waals surface area contributed by atoms with Crippen LogP contribution in [0.2, 0.25) is 0 Å². The van der Waals surface area contributed by atoms with Crippen LogP contribution in [-0.4, -0.2) is 10.3 Å². The third-order valence-corrected chi connectivity index (χ3v) is 2.04. The number of nitrogens with zero attached hydrogens (tertiary/aromatic N) is 1. The lowest BCUT2D eigenvalue weighted by molar-refractivity contribution is -0.0273. The zero-order chi connectivity index (χ0) is 8.77.